The molecular formula is C13H9ClFN3O3. The van der Waals surface area contributed by atoms with E-state index in [4.69, 9.17) is 27.5 Å². The van der Waals surface area contributed by atoms with Crippen molar-refractivity contribution in [3.8, 4) is 11.5 Å². The third kappa shape index (κ3) is 3.26. The van der Waals surface area contributed by atoms with E-state index in [1.165, 1.54) is 30.3 Å². The van der Waals surface area contributed by atoms with E-state index < -0.39 is 10.7 Å². The Morgan fingerprint density at radius 2 is 2.05 bits per heavy atom. The van der Waals surface area contributed by atoms with Crippen molar-refractivity contribution in [1.29, 1.82) is 5.41 Å². The Kier molecular flexibility index (Phi) is 4.04. The van der Waals surface area contributed by atoms with Gasteiger partial charge in [-0.15, -0.1) is 0 Å². The Morgan fingerprint density at radius 1 is 1.33 bits per heavy atom. The predicted molar refractivity (Wildman–Crippen MR) is 75.6 cm³/mol. The summed E-state index contributed by atoms with van der Waals surface area (Å²) in [6.45, 7) is 0. The maximum atomic E-state index is 13.8. The van der Waals surface area contributed by atoms with E-state index in [1.807, 2.05) is 0 Å². The first-order chi connectivity index (χ1) is 9.88. The quantitative estimate of drug-likeness (QED) is 0.390. The minimum absolute atomic E-state index is 0.107. The molecule has 0 heterocycles. The van der Waals surface area contributed by atoms with Gasteiger partial charge in [0.05, 0.1) is 4.92 Å². The number of nitro groups is 1. The second-order valence-corrected chi connectivity index (χ2v) is 4.44. The van der Waals surface area contributed by atoms with Crippen LogP contribution in [0.4, 0.5) is 10.1 Å². The number of rotatable bonds is 4. The molecule has 0 fully saturated rings. The lowest BCUT2D eigenvalue weighted by molar-refractivity contribution is -0.384. The summed E-state index contributed by atoms with van der Waals surface area (Å²) in [5.74, 6) is -0.930. The molecule has 0 bridgehead atoms. The van der Waals surface area contributed by atoms with Crippen LogP contribution in [0.1, 0.15) is 5.56 Å². The van der Waals surface area contributed by atoms with Gasteiger partial charge in [0.1, 0.15) is 16.6 Å². The third-order valence-corrected chi connectivity index (χ3v) is 2.89. The van der Waals surface area contributed by atoms with Gasteiger partial charge in [0.25, 0.3) is 5.69 Å². The lowest BCUT2D eigenvalue weighted by Crippen LogP contribution is -2.11. The van der Waals surface area contributed by atoms with E-state index in [0.29, 0.717) is 0 Å². The zero-order valence-corrected chi connectivity index (χ0v) is 11.2. The molecule has 8 heteroatoms. The zero-order chi connectivity index (χ0) is 15.6. The largest absolute Gasteiger partial charge is 0.454 e. The first-order valence-electron chi connectivity index (χ1n) is 5.64. The van der Waals surface area contributed by atoms with Crippen LogP contribution in [0.15, 0.2) is 36.4 Å². The van der Waals surface area contributed by atoms with Crippen molar-refractivity contribution in [2.45, 2.75) is 0 Å². The number of nitrogen functional groups attached to an aromatic ring is 1. The maximum Gasteiger partial charge on any atom is 0.288 e. The Labute approximate surface area is 123 Å². The topological polar surface area (TPSA) is 102 Å². The molecule has 0 saturated carbocycles. The molecular weight excluding hydrogens is 301 g/mol. The number of hydrogen-bond donors (Lipinski definition) is 2. The van der Waals surface area contributed by atoms with Crippen LogP contribution in [0.3, 0.4) is 0 Å². The van der Waals surface area contributed by atoms with Crippen LogP contribution in [0, 0.1) is 21.3 Å². The minimum atomic E-state index is -0.711. The lowest BCUT2D eigenvalue weighted by atomic mass is 10.2. The predicted octanol–water partition coefficient (Wildman–Crippen LogP) is 3.46. The van der Waals surface area contributed by atoms with Crippen molar-refractivity contribution in [1.82, 2.24) is 0 Å². The first-order valence-corrected chi connectivity index (χ1v) is 6.02. The Balaban J connectivity index is 2.28. The highest BCUT2D eigenvalue weighted by Gasteiger charge is 2.14. The molecule has 6 nitrogen and oxygen atoms in total. The molecule has 0 unspecified atom stereocenters. The minimum Gasteiger partial charge on any atom is -0.454 e. The van der Waals surface area contributed by atoms with Crippen molar-refractivity contribution in [2.24, 2.45) is 5.73 Å². The van der Waals surface area contributed by atoms with Crippen LogP contribution in [0.2, 0.25) is 5.02 Å². The van der Waals surface area contributed by atoms with E-state index in [0.717, 1.165) is 6.07 Å². The van der Waals surface area contributed by atoms with Crippen LogP contribution < -0.4 is 10.5 Å². The van der Waals surface area contributed by atoms with E-state index in [-0.39, 0.29) is 33.6 Å². The molecule has 0 aliphatic rings. The van der Waals surface area contributed by atoms with Gasteiger partial charge < -0.3 is 10.5 Å². The van der Waals surface area contributed by atoms with Crippen LogP contribution >= 0.6 is 11.6 Å². The van der Waals surface area contributed by atoms with E-state index in [9.17, 15) is 14.5 Å². The van der Waals surface area contributed by atoms with Gasteiger partial charge in [-0.25, -0.2) is 4.39 Å². The summed E-state index contributed by atoms with van der Waals surface area (Å²) in [4.78, 5) is 10.0. The maximum absolute atomic E-state index is 13.8. The highest BCUT2D eigenvalue weighted by molar-refractivity contribution is 6.32. The van der Waals surface area contributed by atoms with E-state index in [2.05, 4.69) is 0 Å². The fraction of sp³-hybridized carbons (Fsp3) is 0. The summed E-state index contributed by atoms with van der Waals surface area (Å²) in [6, 6.07) is 7.49. The number of halogens is 2. The fourth-order valence-corrected chi connectivity index (χ4v) is 1.82. The molecule has 108 valence electrons. The highest BCUT2D eigenvalue weighted by atomic mass is 35.5. The van der Waals surface area contributed by atoms with E-state index in [1.54, 1.807) is 0 Å². The molecule has 21 heavy (non-hydrogen) atoms. The fourth-order valence-electron chi connectivity index (χ4n) is 1.58. The lowest BCUT2D eigenvalue weighted by Gasteiger charge is -2.08. The molecule has 0 aliphatic carbocycles. The Bertz CT molecular complexity index is 737. The van der Waals surface area contributed by atoms with Crippen molar-refractivity contribution in [2.75, 3.05) is 0 Å². The van der Waals surface area contributed by atoms with Gasteiger partial charge in [0, 0.05) is 17.7 Å². The van der Waals surface area contributed by atoms with Gasteiger partial charge >= 0.3 is 0 Å². The number of nitrogens with one attached hydrogen (secondary N) is 1. The average molecular weight is 310 g/mol. The molecule has 2 aromatic rings. The normalized spacial score (nSPS) is 10.2. The number of nitro benzene ring substituents is 1. The smallest absolute Gasteiger partial charge is 0.288 e. The molecule has 2 aromatic carbocycles. The molecule has 3 N–H and O–H groups in total. The summed E-state index contributed by atoms with van der Waals surface area (Å²) in [7, 11) is 0. The van der Waals surface area contributed by atoms with Gasteiger partial charge in [0.2, 0.25) is 0 Å². The monoisotopic (exact) mass is 309 g/mol. The van der Waals surface area contributed by atoms with Crippen molar-refractivity contribution >= 4 is 23.1 Å². The number of hydrogen-bond acceptors (Lipinski definition) is 4. The standard InChI is InChI=1S/C13H9ClFN3O3/c14-9-6-8(2-3-11(9)18(19)20)21-12-4-1-7(13(16)17)5-10(12)15/h1-6H,(H3,16,17). The van der Waals surface area contributed by atoms with Crippen molar-refractivity contribution in [3.05, 3.63) is 62.9 Å². The van der Waals surface area contributed by atoms with Crippen molar-refractivity contribution < 1.29 is 14.1 Å². The second-order valence-electron chi connectivity index (χ2n) is 4.03. The molecule has 2 rings (SSSR count). The summed E-state index contributed by atoms with van der Waals surface area (Å²) in [5.41, 5.74) is 5.20. The van der Waals surface area contributed by atoms with Gasteiger partial charge in [-0.1, -0.05) is 11.6 Å². The molecule has 0 radical (unpaired) electrons. The van der Waals surface area contributed by atoms with Crippen LogP contribution in [-0.2, 0) is 0 Å². The summed E-state index contributed by atoms with van der Waals surface area (Å²) in [5, 5.41) is 17.7. The SMILES string of the molecule is N=C(N)c1ccc(Oc2ccc([N+](=O)[O-])c(Cl)c2)c(F)c1. The van der Waals surface area contributed by atoms with Gasteiger partial charge in [-0.05, 0) is 24.3 Å². The number of benzene rings is 2. The van der Waals surface area contributed by atoms with Gasteiger partial charge in [-0.2, -0.15) is 0 Å². The molecule has 0 aromatic heterocycles. The third-order valence-electron chi connectivity index (χ3n) is 2.59. The average Bonchev–Trinajstić information content (AvgIpc) is 2.40. The molecule has 0 spiro atoms. The summed E-state index contributed by atoms with van der Waals surface area (Å²) < 4.78 is 19.1. The molecule has 0 aliphatic heterocycles. The highest BCUT2D eigenvalue weighted by Crippen LogP contribution is 2.32. The van der Waals surface area contributed by atoms with Gasteiger partial charge in [-0.3, -0.25) is 15.5 Å². The molecule has 0 atom stereocenters. The van der Waals surface area contributed by atoms with E-state index >= 15 is 0 Å². The number of nitrogens with zero attached hydrogens (tertiary/aromatic N) is 1. The summed E-state index contributed by atoms with van der Waals surface area (Å²) in [6.07, 6.45) is 0. The molecule has 0 saturated heterocycles. The van der Waals surface area contributed by atoms with Crippen LogP contribution in [0.5, 0.6) is 11.5 Å². The molecule has 0 amide bonds. The van der Waals surface area contributed by atoms with Gasteiger partial charge in [0.15, 0.2) is 11.6 Å². The van der Waals surface area contributed by atoms with Crippen molar-refractivity contribution in [3.63, 3.8) is 0 Å². The number of nitrogens with two attached hydrogens (primary N) is 1. The second kappa shape index (κ2) is 5.76. The van der Waals surface area contributed by atoms with Crippen LogP contribution in [-0.4, -0.2) is 10.8 Å². The first kappa shape index (κ1) is 14.7. The Morgan fingerprint density at radius 3 is 2.57 bits per heavy atom. The Hall–Kier alpha value is -2.67. The number of ether oxygens (including phenoxy) is 1. The van der Waals surface area contributed by atoms with Crippen LogP contribution in [0.25, 0.3) is 0 Å². The number of amidine groups is 1. The summed E-state index contributed by atoms with van der Waals surface area (Å²) >= 11 is 5.74. The zero-order valence-electron chi connectivity index (χ0n) is 10.5.